The van der Waals surface area contributed by atoms with Crippen LogP contribution in [0, 0.1) is 0 Å². The normalized spacial score (nSPS) is 10.6. The molecule has 0 aliphatic carbocycles. The molecule has 2 aromatic rings. The van der Waals surface area contributed by atoms with Gasteiger partial charge in [0.15, 0.2) is 0 Å². The monoisotopic (exact) mass is 256 g/mol. The third-order valence-electron chi connectivity index (χ3n) is 2.19. The Morgan fingerprint density at radius 1 is 1.56 bits per heavy atom. The summed E-state index contributed by atoms with van der Waals surface area (Å²) in [5.41, 5.74) is 0. The molecular weight excluding hydrogens is 248 g/mol. The number of carboxylic acids is 1. The van der Waals surface area contributed by atoms with Gasteiger partial charge in [-0.15, -0.1) is 11.3 Å². The molecule has 0 aliphatic heterocycles. The molecule has 0 fully saturated rings. The molecule has 0 atom stereocenters. The van der Waals surface area contributed by atoms with Crippen LogP contribution < -0.4 is 4.74 Å². The Hall–Kier alpha value is -1.26. The predicted molar refractivity (Wildman–Crippen MR) is 64.7 cm³/mol. The number of aliphatic carboxylic acids is 1. The molecule has 16 heavy (non-hydrogen) atoms. The third-order valence-corrected chi connectivity index (χ3v) is 3.58. The number of carbonyl (C=O) groups is 1. The first kappa shape index (κ1) is 11.2. The van der Waals surface area contributed by atoms with Gasteiger partial charge in [0.1, 0.15) is 5.75 Å². The van der Waals surface area contributed by atoms with Crippen LogP contribution in [-0.2, 0) is 11.2 Å². The zero-order chi connectivity index (χ0) is 11.7. The molecule has 0 radical (unpaired) electrons. The van der Waals surface area contributed by atoms with E-state index in [1.54, 1.807) is 12.1 Å². The first-order chi connectivity index (χ1) is 7.61. The lowest BCUT2D eigenvalue weighted by atomic mass is 10.2. The molecule has 0 spiro atoms. The van der Waals surface area contributed by atoms with Gasteiger partial charge in [-0.1, -0.05) is 11.6 Å². The van der Waals surface area contributed by atoms with Crippen molar-refractivity contribution in [3.05, 3.63) is 28.1 Å². The quantitative estimate of drug-likeness (QED) is 0.917. The van der Waals surface area contributed by atoms with Crippen LogP contribution in [0.25, 0.3) is 10.1 Å². The Morgan fingerprint density at radius 2 is 2.31 bits per heavy atom. The maximum atomic E-state index is 10.7. The summed E-state index contributed by atoms with van der Waals surface area (Å²) in [5.74, 6) is -0.249. The number of ether oxygens (including phenoxy) is 1. The Kier molecular flexibility index (Phi) is 3.03. The van der Waals surface area contributed by atoms with Gasteiger partial charge in [0.05, 0.1) is 18.4 Å². The van der Waals surface area contributed by atoms with Gasteiger partial charge in [0.2, 0.25) is 0 Å². The molecule has 84 valence electrons. The van der Waals surface area contributed by atoms with Crippen LogP contribution >= 0.6 is 22.9 Å². The molecule has 1 heterocycles. The zero-order valence-electron chi connectivity index (χ0n) is 8.49. The number of carboxylic acid groups (broad SMARTS) is 1. The van der Waals surface area contributed by atoms with Crippen molar-refractivity contribution in [1.82, 2.24) is 0 Å². The molecule has 5 heteroatoms. The van der Waals surface area contributed by atoms with E-state index in [0.29, 0.717) is 15.6 Å². The number of benzene rings is 1. The fourth-order valence-corrected chi connectivity index (χ4v) is 2.89. The highest BCUT2D eigenvalue weighted by atomic mass is 35.5. The van der Waals surface area contributed by atoms with Crippen molar-refractivity contribution in [3.8, 4) is 5.75 Å². The van der Waals surface area contributed by atoms with Crippen LogP contribution in [0.5, 0.6) is 5.75 Å². The van der Waals surface area contributed by atoms with E-state index in [2.05, 4.69) is 0 Å². The Labute approximate surface area is 101 Å². The van der Waals surface area contributed by atoms with Crippen molar-refractivity contribution in [3.63, 3.8) is 0 Å². The summed E-state index contributed by atoms with van der Waals surface area (Å²) < 4.78 is 6.23. The van der Waals surface area contributed by atoms with E-state index in [9.17, 15) is 4.79 Å². The average Bonchev–Trinajstić information content (AvgIpc) is 2.53. The lowest BCUT2D eigenvalue weighted by molar-refractivity contribution is -0.136. The summed E-state index contributed by atoms with van der Waals surface area (Å²) in [5, 5.41) is 10.3. The number of thiophene rings is 1. The fraction of sp³-hybridized carbons (Fsp3) is 0.182. The second-order valence-electron chi connectivity index (χ2n) is 3.27. The second-order valence-corrected chi connectivity index (χ2v) is 4.84. The van der Waals surface area contributed by atoms with E-state index < -0.39 is 5.97 Å². The molecular formula is C11H9ClO3S. The summed E-state index contributed by atoms with van der Waals surface area (Å²) >= 11 is 7.32. The number of rotatable bonds is 3. The number of halogens is 1. The van der Waals surface area contributed by atoms with E-state index in [0.717, 1.165) is 10.1 Å². The first-order valence-corrected chi connectivity index (χ1v) is 5.78. The van der Waals surface area contributed by atoms with Crippen molar-refractivity contribution in [2.75, 3.05) is 7.11 Å². The lowest BCUT2D eigenvalue weighted by Gasteiger charge is -2.00. The van der Waals surface area contributed by atoms with Gasteiger partial charge in [0.25, 0.3) is 0 Å². The maximum Gasteiger partial charge on any atom is 0.308 e. The Bertz CT molecular complexity index is 547. The van der Waals surface area contributed by atoms with Crippen molar-refractivity contribution >= 4 is 39.0 Å². The van der Waals surface area contributed by atoms with Crippen LogP contribution in [-0.4, -0.2) is 18.2 Å². The summed E-state index contributed by atoms with van der Waals surface area (Å²) in [6.07, 6.45) is -0.0276. The topological polar surface area (TPSA) is 46.5 Å². The lowest BCUT2D eigenvalue weighted by Crippen LogP contribution is -1.99. The molecule has 0 aliphatic rings. The van der Waals surface area contributed by atoms with Gasteiger partial charge in [-0.3, -0.25) is 4.79 Å². The van der Waals surface area contributed by atoms with Gasteiger partial charge < -0.3 is 9.84 Å². The minimum atomic E-state index is -0.865. The van der Waals surface area contributed by atoms with Crippen molar-refractivity contribution in [2.24, 2.45) is 0 Å². The van der Waals surface area contributed by atoms with Gasteiger partial charge in [-0.05, 0) is 18.2 Å². The van der Waals surface area contributed by atoms with E-state index in [1.807, 2.05) is 6.07 Å². The van der Waals surface area contributed by atoms with E-state index in [-0.39, 0.29) is 6.42 Å². The van der Waals surface area contributed by atoms with E-state index >= 15 is 0 Å². The molecule has 1 N–H and O–H groups in total. The summed E-state index contributed by atoms with van der Waals surface area (Å²) in [6, 6.07) is 5.44. The van der Waals surface area contributed by atoms with E-state index in [4.69, 9.17) is 21.4 Å². The van der Waals surface area contributed by atoms with Crippen LogP contribution in [0.1, 0.15) is 4.88 Å². The van der Waals surface area contributed by atoms with Gasteiger partial charge in [0, 0.05) is 15.1 Å². The van der Waals surface area contributed by atoms with Gasteiger partial charge in [-0.25, -0.2) is 0 Å². The molecule has 0 unspecified atom stereocenters. The first-order valence-electron chi connectivity index (χ1n) is 4.58. The summed E-state index contributed by atoms with van der Waals surface area (Å²) in [7, 11) is 1.54. The molecule has 0 amide bonds. The molecule has 1 aromatic carbocycles. The molecule has 1 aromatic heterocycles. The predicted octanol–water partition coefficient (Wildman–Crippen LogP) is 3.19. The van der Waals surface area contributed by atoms with Crippen LogP contribution in [0.2, 0.25) is 5.02 Å². The minimum absolute atomic E-state index is 0.0276. The molecule has 0 saturated heterocycles. The second kappa shape index (κ2) is 4.31. The highest BCUT2D eigenvalue weighted by Crippen LogP contribution is 2.39. The van der Waals surface area contributed by atoms with E-state index in [1.165, 1.54) is 18.4 Å². The largest absolute Gasteiger partial charge is 0.495 e. The third kappa shape index (κ3) is 1.99. The number of methoxy groups -OCH3 is 1. The van der Waals surface area contributed by atoms with Crippen LogP contribution in [0.15, 0.2) is 18.2 Å². The highest BCUT2D eigenvalue weighted by molar-refractivity contribution is 7.19. The average molecular weight is 257 g/mol. The van der Waals surface area contributed by atoms with Gasteiger partial charge >= 0.3 is 5.97 Å². The van der Waals surface area contributed by atoms with Crippen LogP contribution in [0.4, 0.5) is 0 Å². The van der Waals surface area contributed by atoms with Crippen LogP contribution in [0.3, 0.4) is 0 Å². The smallest absolute Gasteiger partial charge is 0.308 e. The minimum Gasteiger partial charge on any atom is -0.495 e. The Morgan fingerprint density at radius 3 is 2.94 bits per heavy atom. The highest BCUT2D eigenvalue weighted by Gasteiger charge is 2.15. The van der Waals surface area contributed by atoms with Crippen molar-refractivity contribution < 1.29 is 14.6 Å². The molecule has 3 nitrogen and oxygen atoms in total. The summed E-state index contributed by atoms with van der Waals surface area (Å²) in [4.78, 5) is 11.4. The number of fused-ring (bicyclic) bond motifs is 1. The Balaban J connectivity index is 2.62. The molecule has 0 bridgehead atoms. The fourth-order valence-electron chi connectivity index (χ4n) is 1.58. The van der Waals surface area contributed by atoms with Crippen molar-refractivity contribution in [2.45, 2.75) is 6.42 Å². The summed E-state index contributed by atoms with van der Waals surface area (Å²) in [6.45, 7) is 0. The number of hydrogen-bond acceptors (Lipinski definition) is 3. The number of hydrogen-bond donors (Lipinski definition) is 1. The zero-order valence-corrected chi connectivity index (χ0v) is 10.1. The SMILES string of the molecule is COc1c(CC(=O)O)sc2ccc(Cl)cc12. The van der Waals surface area contributed by atoms with Gasteiger partial charge in [-0.2, -0.15) is 0 Å². The van der Waals surface area contributed by atoms with Crippen molar-refractivity contribution in [1.29, 1.82) is 0 Å². The standard InChI is InChI=1S/C11H9ClO3S/c1-15-11-7-4-6(12)2-3-8(7)16-9(11)5-10(13)14/h2-4H,5H2,1H3,(H,13,14). The molecule has 2 rings (SSSR count). The maximum absolute atomic E-state index is 10.7. The molecule has 0 saturated carbocycles.